The molecule has 0 amide bonds. The van der Waals surface area contributed by atoms with Crippen molar-refractivity contribution in [1.29, 1.82) is 0 Å². The highest BCUT2D eigenvalue weighted by Crippen LogP contribution is 2.57. The van der Waals surface area contributed by atoms with Crippen molar-refractivity contribution in [3.05, 3.63) is 264 Å². The van der Waals surface area contributed by atoms with E-state index in [2.05, 4.69) is 238 Å². The summed E-state index contributed by atoms with van der Waals surface area (Å²) in [5, 5.41) is 4.97. The molecular formula is C64H44N2. The molecule has 10 aromatic carbocycles. The van der Waals surface area contributed by atoms with E-state index in [0.29, 0.717) is 5.82 Å². The Balaban J connectivity index is 0.989. The number of benzene rings is 10. The van der Waals surface area contributed by atoms with E-state index in [0.717, 1.165) is 33.5 Å². The molecule has 0 saturated carbocycles. The second-order valence-electron chi connectivity index (χ2n) is 18.4. The number of fused-ring (bicyclic) bond motifs is 9. The molecule has 66 heavy (non-hydrogen) atoms. The topological polar surface area (TPSA) is 25.8 Å². The first kappa shape index (κ1) is 38.3. The minimum atomic E-state index is -0.516. The SMILES string of the molecule is CC1(C)c2ccc(-c3ccc(-c4cc(-c5ccc6c(c5)C(c5ccccc5)(c5ccccc5)c5ccccc5-6)nc(-c5ccccc5)n4)c4ccccc34)cc2-c2ccc3ccccc3c21. The van der Waals surface area contributed by atoms with Crippen molar-refractivity contribution < 1.29 is 0 Å². The van der Waals surface area contributed by atoms with Crippen LogP contribution in [0.2, 0.25) is 0 Å². The van der Waals surface area contributed by atoms with Gasteiger partial charge in [0.25, 0.3) is 0 Å². The van der Waals surface area contributed by atoms with Gasteiger partial charge in [-0.05, 0) is 107 Å². The van der Waals surface area contributed by atoms with Gasteiger partial charge in [0.2, 0.25) is 0 Å². The molecule has 0 radical (unpaired) electrons. The van der Waals surface area contributed by atoms with E-state index in [9.17, 15) is 0 Å². The van der Waals surface area contributed by atoms with Gasteiger partial charge in [0, 0.05) is 22.1 Å². The maximum atomic E-state index is 5.38. The molecule has 2 aliphatic rings. The van der Waals surface area contributed by atoms with E-state index in [4.69, 9.17) is 9.97 Å². The molecule has 0 N–H and O–H groups in total. The molecule has 310 valence electrons. The lowest BCUT2D eigenvalue weighted by atomic mass is 9.67. The fraction of sp³-hybridized carbons (Fsp3) is 0.0625. The number of hydrogen-bond acceptors (Lipinski definition) is 2. The van der Waals surface area contributed by atoms with Gasteiger partial charge in [-0.25, -0.2) is 9.97 Å². The first-order chi connectivity index (χ1) is 32.5. The zero-order chi connectivity index (χ0) is 44.0. The predicted octanol–water partition coefficient (Wildman–Crippen LogP) is 16.1. The Hall–Kier alpha value is -8.20. The van der Waals surface area contributed by atoms with Crippen molar-refractivity contribution in [3.8, 4) is 67.3 Å². The van der Waals surface area contributed by atoms with Crippen molar-refractivity contribution in [3.63, 3.8) is 0 Å². The summed E-state index contributed by atoms with van der Waals surface area (Å²) in [5.74, 6) is 0.699. The highest BCUT2D eigenvalue weighted by atomic mass is 14.9. The zero-order valence-electron chi connectivity index (χ0n) is 36.8. The average Bonchev–Trinajstić information content (AvgIpc) is 3.81. The largest absolute Gasteiger partial charge is 0.228 e. The number of rotatable bonds is 6. The molecule has 11 aromatic rings. The Morgan fingerprint density at radius 3 is 1.64 bits per heavy atom. The highest BCUT2D eigenvalue weighted by Gasteiger charge is 2.46. The minimum absolute atomic E-state index is 0.107. The quantitative estimate of drug-likeness (QED) is 0.167. The first-order valence-electron chi connectivity index (χ1n) is 23.0. The van der Waals surface area contributed by atoms with Crippen LogP contribution in [0.25, 0.3) is 88.8 Å². The van der Waals surface area contributed by atoms with E-state index in [1.807, 2.05) is 6.07 Å². The van der Waals surface area contributed by atoms with Crippen LogP contribution in [0.1, 0.15) is 47.2 Å². The second kappa shape index (κ2) is 14.7. The van der Waals surface area contributed by atoms with Crippen molar-refractivity contribution >= 4 is 21.5 Å². The summed E-state index contributed by atoms with van der Waals surface area (Å²) in [4.78, 5) is 10.8. The minimum Gasteiger partial charge on any atom is -0.228 e. The van der Waals surface area contributed by atoms with Crippen LogP contribution in [-0.2, 0) is 10.8 Å². The Bertz CT molecular complexity index is 3680. The molecule has 0 aliphatic heterocycles. The van der Waals surface area contributed by atoms with Gasteiger partial charge >= 0.3 is 0 Å². The zero-order valence-corrected chi connectivity index (χ0v) is 36.8. The smallest absolute Gasteiger partial charge is 0.160 e. The van der Waals surface area contributed by atoms with E-state index in [1.54, 1.807) is 0 Å². The van der Waals surface area contributed by atoms with Crippen molar-refractivity contribution in [1.82, 2.24) is 9.97 Å². The molecular weight excluding hydrogens is 797 g/mol. The van der Waals surface area contributed by atoms with Crippen LogP contribution in [0.5, 0.6) is 0 Å². The molecule has 0 spiro atoms. The normalized spacial score (nSPS) is 13.8. The molecule has 0 saturated heterocycles. The fourth-order valence-corrected chi connectivity index (χ4v) is 11.6. The summed E-state index contributed by atoms with van der Waals surface area (Å²) in [6, 6.07) is 84.3. The standard InChI is InChI=1S/C64H44N2/c1-63(2)56-37-32-43(38-55(56)54-34-30-41-18-12-13-25-48(41)61(54)63)47-35-36-53(50-27-15-14-26-49(47)50)60-40-59(65-62(66-60)42-19-6-3-7-20-42)44-31-33-52-51-28-16-17-29-57(51)64(58(52)39-44,45-21-8-4-9-22-45)46-23-10-5-11-24-46/h3-40H,1-2H3. The molecule has 13 rings (SSSR count). The summed E-state index contributed by atoms with van der Waals surface area (Å²) in [7, 11) is 0. The van der Waals surface area contributed by atoms with Crippen LogP contribution in [0.15, 0.2) is 231 Å². The van der Waals surface area contributed by atoms with Crippen LogP contribution in [0.4, 0.5) is 0 Å². The summed E-state index contributed by atoms with van der Waals surface area (Å²) in [6.45, 7) is 4.75. The van der Waals surface area contributed by atoms with E-state index in [-0.39, 0.29) is 5.41 Å². The second-order valence-corrected chi connectivity index (χ2v) is 18.4. The van der Waals surface area contributed by atoms with E-state index < -0.39 is 5.41 Å². The molecule has 0 bridgehead atoms. The lowest BCUT2D eigenvalue weighted by molar-refractivity contribution is 0.666. The third-order valence-corrected chi connectivity index (χ3v) is 14.6. The Kier molecular flexibility index (Phi) is 8.51. The van der Waals surface area contributed by atoms with Gasteiger partial charge in [-0.15, -0.1) is 0 Å². The lowest BCUT2D eigenvalue weighted by Gasteiger charge is -2.34. The molecule has 2 nitrogen and oxygen atoms in total. The van der Waals surface area contributed by atoms with Crippen molar-refractivity contribution in [2.24, 2.45) is 0 Å². The molecule has 0 fully saturated rings. The highest BCUT2D eigenvalue weighted by molar-refractivity contribution is 6.06. The van der Waals surface area contributed by atoms with Crippen LogP contribution in [-0.4, -0.2) is 9.97 Å². The predicted molar refractivity (Wildman–Crippen MR) is 274 cm³/mol. The van der Waals surface area contributed by atoms with Gasteiger partial charge in [0.05, 0.1) is 16.8 Å². The van der Waals surface area contributed by atoms with Crippen LogP contribution in [0.3, 0.4) is 0 Å². The first-order valence-corrected chi connectivity index (χ1v) is 23.0. The van der Waals surface area contributed by atoms with E-state index in [1.165, 1.54) is 82.9 Å². The van der Waals surface area contributed by atoms with Gasteiger partial charge in [-0.3, -0.25) is 0 Å². The molecule has 0 atom stereocenters. The average molecular weight is 841 g/mol. The Morgan fingerprint density at radius 2 is 0.879 bits per heavy atom. The summed E-state index contributed by atoms with van der Waals surface area (Å²) < 4.78 is 0. The summed E-state index contributed by atoms with van der Waals surface area (Å²) in [6.07, 6.45) is 0. The van der Waals surface area contributed by atoms with Gasteiger partial charge in [0.15, 0.2) is 5.82 Å². The Morgan fingerprint density at radius 1 is 0.318 bits per heavy atom. The fourth-order valence-electron chi connectivity index (χ4n) is 11.6. The number of nitrogens with zero attached hydrogens (tertiary/aromatic N) is 2. The molecule has 2 heteroatoms. The molecule has 0 unspecified atom stereocenters. The van der Waals surface area contributed by atoms with Crippen LogP contribution < -0.4 is 0 Å². The van der Waals surface area contributed by atoms with Crippen LogP contribution in [0, 0.1) is 0 Å². The third kappa shape index (κ3) is 5.61. The summed E-state index contributed by atoms with van der Waals surface area (Å²) in [5.41, 5.74) is 19.6. The lowest BCUT2D eigenvalue weighted by Crippen LogP contribution is -2.28. The van der Waals surface area contributed by atoms with Crippen molar-refractivity contribution in [2.45, 2.75) is 24.7 Å². The maximum absolute atomic E-state index is 5.38. The third-order valence-electron chi connectivity index (χ3n) is 14.6. The van der Waals surface area contributed by atoms with Gasteiger partial charge in [-0.2, -0.15) is 0 Å². The molecule has 1 aromatic heterocycles. The van der Waals surface area contributed by atoms with E-state index >= 15 is 0 Å². The number of hydrogen-bond donors (Lipinski definition) is 0. The van der Waals surface area contributed by atoms with Gasteiger partial charge in [0.1, 0.15) is 0 Å². The monoisotopic (exact) mass is 840 g/mol. The maximum Gasteiger partial charge on any atom is 0.160 e. The summed E-state index contributed by atoms with van der Waals surface area (Å²) >= 11 is 0. The van der Waals surface area contributed by atoms with Gasteiger partial charge in [-0.1, -0.05) is 226 Å². The molecule has 2 aliphatic carbocycles. The number of aromatic nitrogens is 2. The molecule has 1 heterocycles. The van der Waals surface area contributed by atoms with Gasteiger partial charge < -0.3 is 0 Å². The Labute approximate surface area is 385 Å². The van der Waals surface area contributed by atoms with Crippen LogP contribution >= 0.6 is 0 Å². The van der Waals surface area contributed by atoms with Crippen molar-refractivity contribution in [2.75, 3.05) is 0 Å².